The highest BCUT2D eigenvalue weighted by molar-refractivity contribution is 5.29. The van der Waals surface area contributed by atoms with Crippen LogP contribution >= 0.6 is 0 Å². The van der Waals surface area contributed by atoms with Crippen LogP contribution in [0.3, 0.4) is 0 Å². The second-order valence-electron chi connectivity index (χ2n) is 4.20. The summed E-state index contributed by atoms with van der Waals surface area (Å²) in [7, 11) is 0. The molecule has 1 atom stereocenters. The van der Waals surface area contributed by atoms with Crippen LogP contribution in [0.1, 0.15) is 37.9 Å². The number of nitrogens with two attached hydrogens (primary N) is 1. The van der Waals surface area contributed by atoms with Gasteiger partial charge in [0.1, 0.15) is 0 Å². The molecule has 3 nitrogen and oxygen atoms in total. The second-order valence-corrected chi connectivity index (χ2v) is 4.20. The van der Waals surface area contributed by atoms with Gasteiger partial charge >= 0.3 is 0 Å². The second kappa shape index (κ2) is 4.09. The zero-order valence-corrected chi connectivity index (χ0v) is 8.91. The summed E-state index contributed by atoms with van der Waals surface area (Å²) < 4.78 is 0. The van der Waals surface area contributed by atoms with Gasteiger partial charge in [-0.1, -0.05) is 24.3 Å². The van der Waals surface area contributed by atoms with E-state index in [2.05, 4.69) is 5.48 Å². The fourth-order valence-electron chi connectivity index (χ4n) is 1.28. The van der Waals surface area contributed by atoms with Gasteiger partial charge in [-0.15, -0.1) is 0 Å². The van der Waals surface area contributed by atoms with E-state index in [1.165, 1.54) is 0 Å². The highest BCUT2D eigenvalue weighted by atomic mass is 16.5. The van der Waals surface area contributed by atoms with Gasteiger partial charge in [-0.05, 0) is 31.9 Å². The fraction of sp³-hybridized carbons (Fsp3) is 0.455. The van der Waals surface area contributed by atoms with Crippen LogP contribution in [0.2, 0.25) is 0 Å². The normalized spacial score (nSPS) is 14.1. The number of nitrogens with one attached hydrogen (secondary N) is 1. The van der Waals surface area contributed by atoms with Crippen LogP contribution in [0.4, 0.5) is 0 Å². The van der Waals surface area contributed by atoms with Crippen LogP contribution in [0, 0.1) is 0 Å². The van der Waals surface area contributed by atoms with E-state index in [4.69, 9.17) is 10.9 Å². The van der Waals surface area contributed by atoms with Crippen LogP contribution in [0.15, 0.2) is 24.3 Å². The molecule has 0 aliphatic carbocycles. The Morgan fingerprint density at radius 1 is 1.43 bits per heavy atom. The molecule has 0 saturated heterocycles. The molecule has 0 aliphatic rings. The predicted molar refractivity (Wildman–Crippen MR) is 57.0 cm³/mol. The monoisotopic (exact) mass is 194 g/mol. The molecule has 14 heavy (non-hydrogen) atoms. The maximum absolute atomic E-state index is 8.80. The number of hydrogen-bond acceptors (Lipinski definition) is 3. The molecule has 0 aromatic heterocycles. The number of hydroxylamine groups is 1. The van der Waals surface area contributed by atoms with Gasteiger partial charge in [0.05, 0.1) is 6.04 Å². The van der Waals surface area contributed by atoms with Crippen LogP contribution < -0.4 is 11.2 Å². The number of benzene rings is 1. The van der Waals surface area contributed by atoms with E-state index in [1.807, 2.05) is 45.0 Å². The standard InChI is InChI=1S/C11H18N2O/c1-8(13-14)9-5-4-6-10(7-9)11(2,3)12/h4-8,13-14H,12H2,1-3H3. The van der Waals surface area contributed by atoms with Crippen molar-refractivity contribution in [2.24, 2.45) is 5.73 Å². The summed E-state index contributed by atoms with van der Waals surface area (Å²) in [6.07, 6.45) is 0. The van der Waals surface area contributed by atoms with Crippen molar-refractivity contribution in [3.05, 3.63) is 35.4 Å². The third kappa shape index (κ3) is 2.54. The van der Waals surface area contributed by atoms with Gasteiger partial charge in [-0.2, -0.15) is 5.48 Å². The van der Waals surface area contributed by atoms with Crippen LogP contribution in [-0.2, 0) is 5.54 Å². The summed E-state index contributed by atoms with van der Waals surface area (Å²) in [4.78, 5) is 0. The maximum atomic E-state index is 8.80. The van der Waals surface area contributed by atoms with Crippen molar-refractivity contribution in [1.82, 2.24) is 5.48 Å². The van der Waals surface area contributed by atoms with E-state index in [9.17, 15) is 0 Å². The van der Waals surface area contributed by atoms with Gasteiger partial charge in [0.25, 0.3) is 0 Å². The van der Waals surface area contributed by atoms with E-state index >= 15 is 0 Å². The highest BCUT2D eigenvalue weighted by Gasteiger charge is 2.15. The summed E-state index contributed by atoms with van der Waals surface area (Å²) in [5.41, 5.74) is 9.96. The lowest BCUT2D eigenvalue weighted by molar-refractivity contribution is 0.133. The van der Waals surface area contributed by atoms with E-state index in [0.29, 0.717) is 0 Å². The third-order valence-electron chi connectivity index (χ3n) is 2.32. The molecule has 0 radical (unpaired) electrons. The van der Waals surface area contributed by atoms with E-state index in [1.54, 1.807) is 0 Å². The minimum absolute atomic E-state index is 0.0719. The van der Waals surface area contributed by atoms with Crippen LogP contribution in [0.25, 0.3) is 0 Å². The molecular formula is C11H18N2O. The summed E-state index contributed by atoms with van der Waals surface area (Å²) >= 11 is 0. The Morgan fingerprint density at radius 2 is 2.07 bits per heavy atom. The molecule has 0 spiro atoms. The molecule has 1 aromatic carbocycles. The van der Waals surface area contributed by atoms with E-state index in [0.717, 1.165) is 11.1 Å². The highest BCUT2D eigenvalue weighted by Crippen LogP contribution is 2.20. The van der Waals surface area contributed by atoms with Gasteiger partial charge in [0.15, 0.2) is 0 Å². The summed E-state index contributed by atoms with van der Waals surface area (Å²) in [5.74, 6) is 0. The molecule has 3 heteroatoms. The van der Waals surface area contributed by atoms with E-state index in [-0.39, 0.29) is 11.6 Å². The van der Waals surface area contributed by atoms with E-state index < -0.39 is 0 Å². The van der Waals surface area contributed by atoms with Crippen molar-refractivity contribution in [3.63, 3.8) is 0 Å². The molecule has 0 saturated carbocycles. The average Bonchev–Trinajstić information content (AvgIpc) is 2.15. The Bertz CT molecular complexity index is 304. The SMILES string of the molecule is CC(NO)c1cccc(C(C)(C)N)c1. The molecular weight excluding hydrogens is 176 g/mol. The lowest BCUT2D eigenvalue weighted by Gasteiger charge is -2.21. The lowest BCUT2D eigenvalue weighted by Crippen LogP contribution is -2.29. The van der Waals surface area contributed by atoms with Crippen molar-refractivity contribution in [2.45, 2.75) is 32.4 Å². The molecule has 0 amide bonds. The van der Waals surface area contributed by atoms with Crippen LogP contribution in [-0.4, -0.2) is 5.21 Å². The zero-order valence-electron chi connectivity index (χ0n) is 8.91. The van der Waals surface area contributed by atoms with Crippen molar-refractivity contribution in [2.75, 3.05) is 0 Å². The van der Waals surface area contributed by atoms with Gasteiger partial charge in [-0.25, -0.2) is 0 Å². The maximum Gasteiger partial charge on any atom is 0.0540 e. The summed E-state index contributed by atoms with van der Waals surface area (Å²) in [5, 5.41) is 8.80. The Hall–Kier alpha value is -0.900. The first-order valence-electron chi connectivity index (χ1n) is 4.74. The largest absolute Gasteiger partial charge is 0.322 e. The molecule has 1 rings (SSSR count). The molecule has 0 heterocycles. The smallest absolute Gasteiger partial charge is 0.0540 e. The fourth-order valence-corrected chi connectivity index (χ4v) is 1.28. The summed E-state index contributed by atoms with van der Waals surface area (Å²) in [6.45, 7) is 5.81. The van der Waals surface area contributed by atoms with Gasteiger partial charge in [0, 0.05) is 5.54 Å². The molecule has 0 bridgehead atoms. The van der Waals surface area contributed by atoms with Crippen molar-refractivity contribution in [1.29, 1.82) is 0 Å². The first-order chi connectivity index (χ1) is 6.45. The van der Waals surface area contributed by atoms with Crippen molar-refractivity contribution in [3.8, 4) is 0 Å². The molecule has 78 valence electrons. The van der Waals surface area contributed by atoms with Crippen molar-refractivity contribution >= 4 is 0 Å². The Labute approximate surface area is 84.9 Å². The molecule has 1 aromatic rings. The Morgan fingerprint density at radius 3 is 2.57 bits per heavy atom. The van der Waals surface area contributed by atoms with Gasteiger partial charge < -0.3 is 10.9 Å². The first kappa shape index (κ1) is 11.2. The van der Waals surface area contributed by atoms with Gasteiger partial charge in [-0.3, -0.25) is 0 Å². The number of hydrogen-bond donors (Lipinski definition) is 3. The average molecular weight is 194 g/mol. The quantitative estimate of drug-likeness (QED) is 0.644. The topological polar surface area (TPSA) is 58.3 Å². The van der Waals surface area contributed by atoms with Crippen LogP contribution in [0.5, 0.6) is 0 Å². The molecule has 0 aliphatic heterocycles. The molecule has 0 fully saturated rings. The number of rotatable bonds is 3. The minimum atomic E-state index is -0.342. The first-order valence-corrected chi connectivity index (χ1v) is 4.74. The zero-order chi connectivity index (χ0) is 10.8. The molecule has 4 N–H and O–H groups in total. The Balaban J connectivity index is 3.01. The predicted octanol–water partition coefficient (Wildman–Crippen LogP) is 1.92. The third-order valence-corrected chi connectivity index (χ3v) is 2.32. The minimum Gasteiger partial charge on any atom is -0.322 e. The van der Waals surface area contributed by atoms with Gasteiger partial charge in [0.2, 0.25) is 0 Å². The Kier molecular flexibility index (Phi) is 3.26. The summed E-state index contributed by atoms with van der Waals surface area (Å²) in [6, 6.07) is 7.84. The van der Waals surface area contributed by atoms with Crippen molar-refractivity contribution < 1.29 is 5.21 Å². The lowest BCUT2D eigenvalue weighted by atomic mass is 9.93. The molecule has 1 unspecified atom stereocenters.